The summed E-state index contributed by atoms with van der Waals surface area (Å²) in [4.78, 5) is 25.6. The summed E-state index contributed by atoms with van der Waals surface area (Å²) >= 11 is 0. The number of Topliss-reactive ketones (excluding diaryl/α,β-unsaturated/α-hetero) is 1. The molecule has 1 heterocycles. The number of phenolic OH excluding ortho intramolecular Hbond substituents is 3. The first-order chi connectivity index (χ1) is 16.8. The zero-order valence-corrected chi connectivity index (χ0v) is 22.3. The third kappa shape index (κ3) is 6.20. The molecule has 1 unspecified atom stereocenters. The Labute approximate surface area is 212 Å². The van der Waals surface area contributed by atoms with Crippen molar-refractivity contribution in [2.45, 2.75) is 80.6 Å². The van der Waals surface area contributed by atoms with Crippen LogP contribution in [0.3, 0.4) is 0 Å². The van der Waals surface area contributed by atoms with Crippen molar-refractivity contribution in [3.8, 4) is 23.0 Å². The van der Waals surface area contributed by atoms with E-state index in [2.05, 4.69) is 6.08 Å². The van der Waals surface area contributed by atoms with Crippen LogP contribution in [0.5, 0.6) is 23.0 Å². The largest absolute Gasteiger partial charge is 0.507 e. The second-order valence-electron chi connectivity index (χ2n) is 9.70. The molecule has 0 aliphatic carbocycles. The number of allylic oxidation sites excluding steroid dienone is 4. The molecule has 0 radical (unpaired) electrons. The minimum atomic E-state index is -0.811. The Bertz CT molecular complexity index is 1260. The first-order valence-electron chi connectivity index (χ1n) is 12.3. The van der Waals surface area contributed by atoms with Gasteiger partial charge in [0.25, 0.3) is 0 Å². The van der Waals surface area contributed by atoms with Gasteiger partial charge in [0.1, 0.15) is 34.3 Å². The normalized spacial score (nSPS) is 12.5. The highest BCUT2D eigenvalue weighted by atomic mass is 16.4. The van der Waals surface area contributed by atoms with Gasteiger partial charge in [-0.2, -0.15) is 0 Å². The highest BCUT2D eigenvalue weighted by molar-refractivity contribution is 6.03. The molecular weight excluding hydrogens is 460 g/mol. The number of ketones is 1. The van der Waals surface area contributed by atoms with Gasteiger partial charge in [0.15, 0.2) is 5.78 Å². The molecule has 0 spiro atoms. The van der Waals surface area contributed by atoms with Gasteiger partial charge in [-0.15, -0.1) is 0 Å². The average molecular weight is 499 g/mol. The molecule has 7 nitrogen and oxygen atoms in total. The highest BCUT2D eigenvalue weighted by Gasteiger charge is 2.30. The van der Waals surface area contributed by atoms with Gasteiger partial charge in [-0.25, -0.2) is 4.79 Å². The summed E-state index contributed by atoms with van der Waals surface area (Å²) in [6.45, 7) is 12.6. The van der Waals surface area contributed by atoms with Gasteiger partial charge in [0.2, 0.25) is 0 Å². The van der Waals surface area contributed by atoms with E-state index in [4.69, 9.17) is 4.42 Å². The molecule has 0 aliphatic heterocycles. The number of carbonyl (C=O) groups excluding carboxylic acids is 1. The van der Waals surface area contributed by atoms with E-state index >= 15 is 0 Å². The third-order valence-corrected chi connectivity index (χ3v) is 6.68. The fraction of sp³-hybridized carbons (Fsp3) is 0.448. The Hall–Kier alpha value is -3.48. The molecule has 0 fully saturated rings. The highest BCUT2D eigenvalue weighted by Crippen LogP contribution is 2.45. The average Bonchev–Trinajstić information content (AvgIpc) is 2.81. The summed E-state index contributed by atoms with van der Waals surface area (Å²) in [6.07, 6.45) is 5.82. The lowest BCUT2D eigenvalue weighted by Gasteiger charge is -2.19. The third-order valence-electron chi connectivity index (χ3n) is 6.68. The van der Waals surface area contributed by atoms with Gasteiger partial charge >= 0.3 is 5.63 Å². The Morgan fingerprint density at radius 3 is 2.11 bits per heavy atom. The maximum Gasteiger partial charge on any atom is 0.343 e. The topological polar surface area (TPSA) is 128 Å². The lowest BCUT2D eigenvalue weighted by Crippen LogP contribution is -2.14. The van der Waals surface area contributed by atoms with Crippen LogP contribution in [-0.4, -0.2) is 26.2 Å². The van der Waals surface area contributed by atoms with Crippen LogP contribution in [0.4, 0.5) is 0 Å². The SMILES string of the molecule is CCC(C)C(=O)c1c(O)c(CC=C(C)CCC=C(C)C)c(O)c(Cc2c(O)c(C)c(C)oc2=O)c1O. The minimum absolute atomic E-state index is 0.0729. The monoisotopic (exact) mass is 498 g/mol. The summed E-state index contributed by atoms with van der Waals surface area (Å²) < 4.78 is 5.18. The molecule has 1 aromatic carbocycles. The van der Waals surface area contributed by atoms with Crippen molar-refractivity contribution in [3.63, 3.8) is 0 Å². The van der Waals surface area contributed by atoms with Crippen LogP contribution in [0.25, 0.3) is 0 Å². The predicted octanol–water partition coefficient (Wildman–Crippen LogP) is 6.13. The van der Waals surface area contributed by atoms with E-state index in [0.717, 1.165) is 18.4 Å². The Morgan fingerprint density at radius 1 is 0.917 bits per heavy atom. The standard InChI is InChI=1S/C29H38O7/c1-8-17(5)24(30)23-27(33)20(13-12-16(4)11-9-10-15(2)3)26(32)21(28(23)34)14-22-25(31)18(6)19(7)36-29(22)35/h10,12,17,31-34H,8-9,11,13-14H2,1-7H3. The molecule has 0 bridgehead atoms. The maximum atomic E-state index is 13.1. The number of hydrogen-bond donors (Lipinski definition) is 4. The number of aryl methyl sites for hydroxylation is 1. The summed E-state index contributed by atoms with van der Waals surface area (Å²) in [5, 5.41) is 43.7. The van der Waals surface area contributed by atoms with E-state index in [9.17, 15) is 30.0 Å². The predicted molar refractivity (Wildman–Crippen MR) is 140 cm³/mol. The van der Waals surface area contributed by atoms with Crippen LogP contribution in [0.15, 0.2) is 32.5 Å². The van der Waals surface area contributed by atoms with Crippen molar-refractivity contribution in [1.29, 1.82) is 0 Å². The van der Waals surface area contributed by atoms with Crippen molar-refractivity contribution < 1.29 is 29.6 Å². The van der Waals surface area contributed by atoms with Crippen molar-refractivity contribution in [1.82, 2.24) is 0 Å². The molecule has 0 aliphatic rings. The smallest absolute Gasteiger partial charge is 0.343 e. The van der Waals surface area contributed by atoms with E-state index in [1.807, 2.05) is 33.8 Å². The van der Waals surface area contributed by atoms with Crippen LogP contribution in [0.1, 0.15) is 92.3 Å². The van der Waals surface area contributed by atoms with Gasteiger partial charge < -0.3 is 24.8 Å². The Morgan fingerprint density at radius 2 is 1.53 bits per heavy atom. The fourth-order valence-corrected chi connectivity index (χ4v) is 3.91. The van der Waals surface area contributed by atoms with E-state index in [0.29, 0.717) is 12.0 Å². The van der Waals surface area contributed by atoms with Gasteiger partial charge in [-0.1, -0.05) is 37.1 Å². The molecule has 196 valence electrons. The number of benzene rings is 1. The van der Waals surface area contributed by atoms with Crippen LogP contribution in [0, 0.1) is 19.8 Å². The molecule has 2 aromatic rings. The van der Waals surface area contributed by atoms with E-state index in [-0.39, 0.29) is 46.6 Å². The molecule has 2 rings (SSSR count). The second-order valence-corrected chi connectivity index (χ2v) is 9.70. The number of rotatable bonds is 10. The lowest BCUT2D eigenvalue weighted by atomic mass is 9.88. The number of carbonyl (C=O) groups is 1. The quantitative estimate of drug-likeness (QED) is 0.229. The first kappa shape index (κ1) is 28.8. The van der Waals surface area contributed by atoms with Crippen LogP contribution < -0.4 is 5.63 Å². The van der Waals surface area contributed by atoms with Gasteiger partial charge in [-0.05, 0) is 60.3 Å². The van der Waals surface area contributed by atoms with Crippen molar-refractivity contribution >= 4 is 5.78 Å². The lowest BCUT2D eigenvalue weighted by molar-refractivity contribution is 0.0921. The summed E-state index contributed by atoms with van der Waals surface area (Å²) in [5.41, 5.74) is 1.28. The second kappa shape index (κ2) is 12.0. The zero-order valence-electron chi connectivity index (χ0n) is 22.3. The molecule has 1 atom stereocenters. The van der Waals surface area contributed by atoms with E-state index in [1.54, 1.807) is 20.8 Å². The first-order valence-corrected chi connectivity index (χ1v) is 12.3. The zero-order chi connectivity index (χ0) is 27.3. The summed E-state index contributed by atoms with van der Waals surface area (Å²) in [5.74, 6) is -2.55. The van der Waals surface area contributed by atoms with Crippen LogP contribution >= 0.6 is 0 Å². The van der Waals surface area contributed by atoms with Crippen molar-refractivity contribution in [2.24, 2.45) is 5.92 Å². The minimum Gasteiger partial charge on any atom is -0.507 e. The number of aromatic hydroxyl groups is 4. The van der Waals surface area contributed by atoms with Crippen LogP contribution in [0.2, 0.25) is 0 Å². The van der Waals surface area contributed by atoms with Crippen molar-refractivity contribution in [2.75, 3.05) is 0 Å². The summed E-state index contributed by atoms with van der Waals surface area (Å²) in [7, 11) is 0. The maximum absolute atomic E-state index is 13.1. The molecule has 36 heavy (non-hydrogen) atoms. The molecule has 0 amide bonds. The molecule has 1 aromatic heterocycles. The van der Waals surface area contributed by atoms with Gasteiger partial charge in [-0.3, -0.25) is 4.79 Å². The summed E-state index contributed by atoms with van der Waals surface area (Å²) in [6, 6.07) is 0. The van der Waals surface area contributed by atoms with Gasteiger partial charge in [0.05, 0.1) is 5.56 Å². The van der Waals surface area contributed by atoms with Gasteiger partial charge in [0, 0.05) is 29.0 Å². The molecule has 4 N–H and O–H groups in total. The molecular formula is C29H38O7. The van der Waals surface area contributed by atoms with Crippen LogP contribution in [-0.2, 0) is 12.8 Å². The number of hydrogen-bond acceptors (Lipinski definition) is 7. The number of phenols is 3. The Balaban J connectivity index is 2.69. The van der Waals surface area contributed by atoms with E-state index in [1.165, 1.54) is 5.57 Å². The fourth-order valence-electron chi connectivity index (χ4n) is 3.91. The molecule has 0 saturated heterocycles. The Kier molecular flexibility index (Phi) is 9.56. The van der Waals surface area contributed by atoms with E-state index < -0.39 is 34.6 Å². The molecule has 0 saturated carbocycles. The van der Waals surface area contributed by atoms with Crippen molar-refractivity contribution in [3.05, 3.63) is 67.3 Å². The molecule has 7 heteroatoms.